The number of benzene rings is 1. The average molecular weight is 337 g/mol. The number of amides is 2. The lowest BCUT2D eigenvalue weighted by Gasteiger charge is -2.25. The highest BCUT2D eigenvalue weighted by atomic mass is 35.5. The summed E-state index contributed by atoms with van der Waals surface area (Å²) in [6, 6.07) is 7.97. The summed E-state index contributed by atoms with van der Waals surface area (Å²) >= 11 is 7.46. The van der Waals surface area contributed by atoms with E-state index in [1.54, 1.807) is 0 Å². The average Bonchev–Trinajstić information content (AvgIpc) is 2.84. The Morgan fingerprint density at radius 3 is 2.91 bits per heavy atom. The van der Waals surface area contributed by atoms with Crippen LogP contribution in [0.3, 0.4) is 0 Å². The number of halogens is 1. The molecule has 2 amide bonds. The fourth-order valence-electron chi connectivity index (χ4n) is 2.47. The number of hydrogen-bond acceptors (Lipinski definition) is 3. The first-order chi connectivity index (χ1) is 10.6. The van der Waals surface area contributed by atoms with E-state index in [2.05, 4.69) is 22.8 Å². The van der Waals surface area contributed by atoms with Crippen LogP contribution in [0, 0.1) is 6.92 Å². The molecule has 0 bridgehead atoms. The van der Waals surface area contributed by atoms with Gasteiger partial charge in [0.25, 0.3) is 0 Å². The molecule has 0 saturated heterocycles. The van der Waals surface area contributed by atoms with Gasteiger partial charge in [0.1, 0.15) is 4.34 Å². The number of nitrogens with one attached hydrogen (secondary N) is 2. The zero-order chi connectivity index (χ0) is 15.5. The third kappa shape index (κ3) is 3.43. The van der Waals surface area contributed by atoms with Crippen molar-refractivity contribution >= 4 is 34.7 Å². The molecule has 0 spiro atoms. The topological polar surface area (TPSA) is 50.4 Å². The molecule has 22 heavy (non-hydrogen) atoms. The fourth-order valence-corrected chi connectivity index (χ4v) is 3.52. The third-order valence-electron chi connectivity index (χ3n) is 3.70. The summed E-state index contributed by atoms with van der Waals surface area (Å²) in [6.07, 6.45) is 0.814. The van der Waals surface area contributed by atoms with Crippen molar-refractivity contribution < 1.29 is 9.53 Å². The number of carbonyl (C=O) groups is 1. The van der Waals surface area contributed by atoms with E-state index < -0.39 is 0 Å². The summed E-state index contributed by atoms with van der Waals surface area (Å²) in [5, 5.41) is 7.55. The van der Waals surface area contributed by atoms with Gasteiger partial charge in [-0.15, -0.1) is 11.3 Å². The van der Waals surface area contributed by atoms with E-state index in [0.29, 0.717) is 23.2 Å². The Kier molecular flexibility index (Phi) is 4.66. The fraction of sp³-hybridized carbons (Fsp3) is 0.312. The number of rotatable bonds is 3. The number of thiophene rings is 1. The molecular weight excluding hydrogens is 320 g/mol. The molecule has 1 atom stereocenters. The maximum absolute atomic E-state index is 12.0. The van der Waals surface area contributed by atoms with Crippen molar-refractivity contribution in [3.63, 3.8) is 0 Å². The number of hydrogen-bond donors (Lipinski definition) is 2. The minimum Gasteiger partial charge on any atom is -0.371 e. The van der Waals surface area contributed by atoms with E-state index in [9.17, 15) is 4.79 Å². The minimum atomic E-state index is -0.258. The highest BCUT2D eigenvalue weighted by molar-refractivity contribution is 7.15. The standard InChI is InChI=1S/C16H17ClN2O2S/c1-10-9-22-15(17)14(10)19-16(20)18-7-13-6-11-4-2-3-5-12(11)8-21-13/h2-5,9,13H,6-8H2,1H3,(H2,18,19,20)/t13-/m0/s1. The van der Waals surface area contributed by atoms with Crippen LogP contribution >= 0.6 is 22.9 Å². The van der Waals surface area contributed by atoms with Crippen LogP contribution in [0.2, 0.25) is 4.34 Å². The van der Waals surface area contributed by atoms with Gasteiger partial charge in [-0.3, -0.25) is 0 Å². The van der Waals surface area contributed by atoms with Gasteiger partial charge in [0.15, 0.2) is 0 Å². The molecule has 6 heteroatoms. The van der Waals surface area contributed by atoms with Crippen molar-refractivity contribution in [2.75, 3.05) is 11.9 Å². The highest BCUT2D eigenvalue weighted by Gasteiger charge is 2.19. The molecule has 4 nitrogen and oxygen atoms in total. The number of urea groups is 1. The van der Waals surface area contributed by atoms with Gasteiger partial charge in [0, 0.05) is 13.0 Å². The largest absolute Gasteiger partial charge is 0.371 e. The van der Waals surface area contributed by atoms with E-state index in [0.717, 1.165) is 12.0 Å². The molecule has 116 valence electrons. The Morgan fingerprint density at radius 1 is 1.41 bits per heavy atom. The van der Waals surface area contributed by atoms with Crippen LogP contribution in [0.15, 0.2) is 29.6 Å². The third-order valence-corrected chi connectivity index (χ3v) is 5.04. The Bertz CT molecular complexity index is 667. The Morgan fingerprint density at radius 2 is 2.18 bits per heavy atom. The van der Waals surface area contributed by atoms with E-state index in [4.69, 9.17) is 16.3 Å². The van der Waals surface area contributed by atoms with Crippen LogP contribution in [-0.2, 0) is 17.8 Å². The molecule has 0 aliphatic carbocycles. The maximum Gasteiger partial charge on any atom is 0.319 e. The zero-order valence-electron chi connectivity index (χ0n) is 12.2. The Labute approximate surface area is 138 Å². The summed E-state index contributed by atoms with van der Waals surface area (Å²) in [5.41, 5.74) is 4.16. The number of ether oxygens (including phenoxy) is 1. The molecule has 1 aliphatic rings. The molecule has 0 radical (unpaired) electrons. The predicted octanol–water partition coefficient (Wildman–Crippen LogP) is 3.97. The second-order valence-corrected chi connectivity index (χ2v) is 6.79. The van der Waals surface area contributed by atoms with Gasteiger partial charge < -0.3 is 15.4 Å². The van der Waals surface area contributed by atoms with Crippen LogP contribution in [0.1, 0.15) is 16.7 Å². The Balaban J connectivity index is 1.52. The smallest absolute Gasteiger partial charge is 0.319 e. The van der Waals surface area contributed by atoms with Crippen molar-refractivity contribution in [2.45, 2.75) is 26.1 Å². The van der Waals surface area contributed by atoms with E-state index in [-0.39, 0.29) is 12.1 Å². The van der Waals surface area contributed by atoms with Crippen molar-refractivity contribution in [1.29, 1.82) is 0 Å². The molecule has 0 unspecified atom stereocenters. The minimum absolute atomic E-state index is 0.000284. The normalized spacial score (nSPS) is 16.9. The van der Waals surface area contributed by atoms with Crippen LogP contribution < -0.4 is 10.6 Å². The van der Waals surface area contributed by atoms with E-state index >= 15 is 0 Å². The molecular formula is C16H17ClN2O2S. The molecule has 0 saturated carbocycles. The predicted molar refractivity (Wildman–Crippen MR) is 89.8 cm³/mol. The zero-order valence-corrected chi connectivity index (χ0v) is 13.8. The van der Waals surface area contributed by atoms with Gasteiger partial charge in [-0.2, -0.15) is 0 Å². The van der Waals surface area contributed by atoms with Gasteiger partial charge in [-0.1, -0.05) is 35.9 Å². The number of fused-ring (bicyclic) bond motifs is 1. The monoisotopic (exact) mass is 336 g/mol. The lowest BCUT2D eigenvalue weighted by molar-refractivity contribution is 0.0308. The Hall–Kier alpha value is -1.56. The van der Waals surface area contributed by atoms with Crippen molar-refractivity contribution in [3.05, 3.63) is 50.7 Å². The summed E-state index contributed by atoms with van der Waals surface area (Å²) < 4.78 is 6.36. The van der Waals surface area contributed by atoms with Crippen LogP contribution in [0.4, 0.5) is 10.5 Å². The second kappa shape index (κ2) is 6.69. The number of carbonyl (C=O) groups excluding carboxylic acids is 1. The van der Waals surface area contributed by atoms with Crippen LogP contribution in [0.25, 0.3) is 0 Å². The van der Waals surface area contributed by atoms with Crippen molar-refractivity contribution in [1.82, 2.24) is 5.32 Å². The molecule has 2 aromatic rings. The van der Waals surface area contributed by atoms with Crippen LogP contribution in [-0.4, -0.2) is 18.7 Å². The molecule has 1 aromatic heterocycles. The number of anilines is 1. The maximum atomic E-state index is 12.0. The van der Waals surface area contributed by atoms with Gasteiger partial charge >= 0.3 is 6.03 Å². The van der Waals surface area contributed by atoms with Gasteiger partial charge in [0.05, 0.1) is 18.4 Å². The lowest BCUT2D eigenvalue weighted by atomic mass is 9.99. The SMILES string of the molecule is Cc1csc(Cl)c1NC(=O)NC[C@@H]1Cc2ccccc2CO1. The summed E-state index contributed by atoms with van der Waals surface area (Å²) in [7, 11) is 0. The van der Waals surface area contributed by atoms with Gasteiger partial charge in [-0.05, 0) is 29.0 Å². The highest BCUT2D eigenvalue weighted by Crippen LogP contribution is 2.32. The first-order valence-corrected chi connectivity index (χ1v) is 8.36. The molecule has 2 N–H and O–H groups in total. The van der Waals surface area contributed by atoms with Crippen LogP contribution in [0.5, 0.6) is 0 Å². The van der Waals surface area contributed by atoms with E-state index in [1.165, 1.54) is 22.5 Å². The van der Waals surface area contributed by atoms with Gasteiger partial charge in [0.2, 0.25) is 0 Å². The molecule has 3 rings (SSSR count). The first-order valence-electron chi connectivity index (χ1n) is 7.10. The summed E-state index contributed by atoms with van der Waals surface area (Å²) in [4.78, 5) is 12.0. The molecule has 0 fully saturated rings. The number of aryl methyl sites for hydroxylation is 1. The van der Waals surface area contributed by atoms with Crippen molar-refractivity contribution in [2.24, 2.45) is 0 Å². The quantitative estimate of drug-likeness (QED) is 0.891. The molecule has 1 aliphatic heterocycles. The molecule has 2 heterocycles. The van der Waals surface area contributed by atoms with Gasteiger partial charge in [-0.25, -0.2) is 4.79 Å². The van der Waals surface area contributed by atoms with E-state index in [1.807, 2.05) is 24.4 Å². The molecule has 1 aromatic carbocycles. The first kappa shape index (κ1) is 15.3. The second-order valence-electron chi connectivity index (χ2n) is 5.31. The summed E-state index contributed by atoms with van der Waals surface area (Å²) in [5.74, 6) is 0. The van der Waals surface area contributed by atoms with Crippen molar-refractivity contribution in [3.8, 4) is 0 Å². The lowest BCUT2D eigenvalue weighted by Crippen LogP contribution is -2.38. The summed E-state index contributed by atoms with van der Waals surface area (Å²) in [6.45, 7) is 2.99.